The number of rotatable bonds is 2. The van der Waals surface area contributed by atoms with Crippen LogP contribution >= 0.6 is 0 Å². The molecule has 3 rings (SSSR count). The van der Waals surface area contributed by atoms with E-state index in [2.05, 4.69) is 4.98 Å². The maximum absolute atomic E-state index is 11.6. The van der Waals surface area contributed by atoms with Crippen molar-refractivity contribution in [2.45, 2.75) is 26.3 Å². The highest BCUT2D eigenvalue weighted by molar-refractivity contribution is 5.92. The zero-order valence-electron chi connectivity index (χ0n) is 14.0. The molecule has 24 heavy (non-hydrogen) atoms. The Morgan fingerprint density at radius 3 is 2.33 bits per heavy atom. The number of carbonyl (C=O) groups is 1. The molecule has 0 radical (unpaired) electrons. The molecule has 1 N–H and O–H groups in total. The number of amides is 1. The summed E-state index contributed by atoms with van der Waals surface area (Å²) in [6.45, 7) is 5.63. The molecule has 1 heterocycles. The molecule has 0 aliphatic carbocycles. The van der Waals surface area contributed by atoms with E-state index >= 15 is 0 Å². The zero-order valence-corrected chi connectivity index (χ0v) is 14.0. The SMILES string of the molecule is CC(C)(C)N(C(=O)O)c1ccc2nc(-c3ccccc3)ccc2c1. The average Bonchev–Trinajstić information content (AvgIpc) is 2.53. The largest absolute Gasteiger partial charge is 0.465 e. The standard InChI is InChI=1S/C20H20N2O2/c1-20(2,3)22(19(23)24)16-10-12-18-15(13-16)9-11-17(21-18)14-7-5-4-6-8-14/h4-13H,1-3H3,(H,23,24). The summed E-state index contributed by atoms with van der Waals surface area (Å²) in [6, 6.07) is 19.5. The molecule has 0 unspecified atom stereocenters. The summed E-state index contributed by atoms with van der Waals surface area (Å²) in [5.74, 6) is 0. The molecular formula is C20H20N2O2. The summed E-state index contributed by atoms with van der Waals surface area (Å²) in [5.41, 5.74) is 2.94. The number of nitrogens with zero attached hydrogens (tertiary/aromatic N) is 2. The fourth-order valence-corrected chi connectivity index (χ4v) is 2.81. The number of carboxylic acid groups (broad SMARTS) is 1. The Morgan fingerprint density at radius 2 is 1.71 bits per heavy atom. The third kappa shape index (κ3) is 3.08. The van der Waals surface area contributed by atoms with Gasteiger partial charge < -0.3 is 5.11 Å². The van der Waals surface area contributed by atoms with Gasteiger partial charge in [-0.2, -0.15) is 0 Å². The van der Waals surface area contributed by atoms with Crippen LogP contribution in [0.25, 0.3) is 22.2 Å². The second-order valence-electron chi connectivity index (χ2n) is 6.73. The minimum absolute atomic E-state index is 0.517. The van der Waals surface area contributed by atoms with Crippen LogP contribution in [0.4, 0.5) is 10.5 Å². The van der Waals surface area contributed by atoms with Gasteiger partial charge in [0.1, 0.15) is 0 Å². The van der Waals surface area contributed by atoms with E-state index in [1.54, 1.807) is 0 Å². The van der Waals surface area contributed by atoms with Gasteiger partial charge in [0.05, 0.1) is 11.2 Å². The van der Waals surface area contributed by atoms with Gasteiger partial charge in [-0.25, -0.2) is 9.78 Å². The first-order valence-corrected chi connectivity index (χ1v) is 7.86. The molecule has 122 valence electrons. The van der Waals surface area contributed by atoms with Gasteiger partial charge in [0.15, 0.2) is 0 Å². The monoisotopic (exact) mass is 320 g/mol. The van der Waals surface area contributed by atoms with E-state index in [9.17, 15) is 9.90 Å². The van der Waals surface area contributed by atoms with Crippen molar-refractivity contribution < 1.29 is 9.90 Å². The summed E-state index contributed by atoms with van der Waals surface area (Å²) in [5, 5.41) is 10.5. The van der Waals surface area contributed by atoms with Crippen LogP contribution in [-0.4, -0.2) is 21.7 Å². The van der Waals surface area contributed by atoms with Gasteiger partial charge in [-0.05, 0) is 45.0 Å². The van der Waals surface area contributed by atoms with E-state index in [-0.39, 0.29) is 0 Å². The van der Waals surface area contributed by atoms with Crippen LogP contribution in [0, 0.1) is 0 Å². The summed E-state index contributed by atoms with van der Waals surface area (Å²) in [7, 11) is 0. The van der Waals surface area contributed by atoms with Gasteiger partial charge in [-0.15, -0.1) is 0 Å². The topological polar surface area (TPSA) is 53.4 Å². The fourth-order valence-electron chi connectivity index (χ4n) is 2.81. The maximum Gasteiger partial charge on any atom is 0.412 e. The molecule has 0 aliphatic rings. The second-order valence-corrected chi connectivity index (χ2v) is 6.73. The molecule has 0 fully saturated rings. The van der Waals surface area contributed by atoms with Crippen LogP contribution in [0.5, 0.6) is 0 Å². The van der Waals surface area contributed by atoms with Crippen molar-refractivity contribution in [2.75, 3.05) is 4.90 Å². The van der Waals surface area contributed by atoms with Gasteiger partial charge in [0.25, 0.3) is 0 Å². The molecule has 1 amide bonds. The van der Waals surface area contributed by atoms with E-state index in [1.807, 2.05) is 81.4 Å². The van der Waals surface area contributed by atoms with Crippen LogP contribution in [0.1, 0.15) is 20.8 Å². The highest BCUT2D eigenvalue weighted by Crippen LogP contribution is 2.28. The van der Waals surface area contributed by atoms with Crippen molar-refractivity contribution in [1.29, 1.82) is 0 Å². The molecule has 4 heteroatoms. The molecule has 3 aromatic rings. The number of anilines is 1. The van der Waals surface area contributed by atoms with E-state index < -0.39 is 11.6 Å². The van der Waals surface area contributed by atoms with Gasteiger partial charge in [-0.3, -0.25) is 4.90 Å². The Bertz CT molecular complexity index is 883. The Hall–Kier alpha value is -2.88. The molecule has 0 atom stereocenters. The van der Waals surface area contributed by atoms with E-state index in [1.165, 1.54) is 4.90 Å². The zero-order chi connectivity index (χ0) is 17.3. The summed E-state index contributed by atoms with van der Waals surface area (Å²) >= 11 is 0. The van der Waals surface area contributed by atoms with Crippen LogP contribution in [-0.2, 0) is 0 Å². The number of fused-ring (bicyclic) bond motifs is 1. The molecule has 1 aromatic heterocycles. The van der Waals surface area contributed by atoms with Crippen LogP contribution in [0.3, 0.4) is 0 Å². The normalized spacial score (nSPS) is 11.5. The molecule has 0 bridgehead atoms. The molecule has 0 aliphatic heterocycles. The van der Waals surface area contributed by atoms with Gasteiger partial charge >= 0.3 is 6.09 Å². The summed E-state index contributed by atoms with van der Waals surface area (Å²) in [6.07, 6.45) is -0.962. The lowest BCUT2D eigenvalue weighted by Gasteiger charge is -2.33. The smallest absolute Gasteiger partial charge is 0.412 e. The lowest BCUT2D eigenvalue weighted by atomic mass is 10.0. The number of pyridine rings is 1. The Labute approximate surface area is 141 Å². The molecule has 0 saturated heterocycles. The highest BCUT2D eigenvalue weighted by Gasteiger charge is 2.27. The van der Waals surface area contributed by atoms with Gasteiger partial charge in [0, 0.05) is 22.2 Å². The van der Waals surface area contributed by atoms with E-state index in [4.69, 9.17) is 0 Å². The van der Waals surface area contributed by atoms with Crippen molar-refractivity contribution in [2.24, 2.45) is 0 Å². The quantitative estimate of drug-likeness (QED) is 0.707. The predicted molar refractivity (Wildman–Crippen MR) is 97.4 cm³/mol. The Morgan fingerprint density at radius 1 is 1.00 bits per heavy atom. The minimum Gasteiger partial charge on any atom is -0.465 e. The summed E-state index contributed by atoms with van der Waals surface area (Å²) in [4.78, 5) is 17.7. The van der Waals surface area contributed by atoms with Gasteiger partial charge in [0.2, 0.25) is 0 Å². The van der Waals surface area contributed by atoms with Crippen LogP contribution < -0.4 is 4.90 Å². The van der Waals surface area contributed by atoms with Crippen molar-refractivity contribution >= 4 is 22.7 Å². The predicted octanol–water partition coefficient (Wildman–Crippen LogP) is 5.18. The average molecular weight is 320 g/mol. The second kappa shape index (κ2) is 5.96. The first kappa shape index (κ1) is 16.0. The Balaban J connectivity index is 2.06. The Kier molecular flexibility index (Phi) is 3.97. The lowest BCUT2D eigenvalue weighted by Crippen LogP contribution is -2.45. The lowest BCUT2D eigenvalue weighted by molar-refractivity contribution is 0.195. The van der Waals surface area contributed by atoms with E-state index in [0.29, 0.717) is 5.69 Å². The third-order valence-electron chi connectivity index (χ3n) is 3.86. The maximum atomic E-state index is 11.6. The van der Waals surface area contributed by atoms with Crippen LogP contribution in [0.2, 0.25) is 0 Å². The molecule has 0 saturated carbocycles. The van der Waals surface area contributed by atoms with Crippen molar-refractivity contribution in [3.8, 4) is 11.3 Å². The van der Waals surface area contributed by atoms with Crippen molar-refractivity contribution in [3.63, 3.8) is 0 Å². The molecule has 0 spiro atoms. The summed E-state index contributed by atoms with van der Waals surface area (Å²) < 4.78 is 0. The molecule has 4 nitrogen and oxygen atoms in total. The van der Waals surface area contributed by atoms with Crippen molar-refractivity contribution in [1.82, 2.24) is 4.98 Å². The first-order chi connectivity index (χ1) is 11.4. The van der Waals surface area contributed by atoms with E-state index in [0.717, 1.165) is 22.2 Å². The fraction of sp³-hybridized carbons (Fsp3) is 0.200. The molecule has 2 aromatic carbocycles. The number of aromatic nitrogens is 1. The number of hydrogen-bond donors (Lipinski definition) is 1. The minimum atomic E-state index is -0.962. The van der Waals surface area contributed by atoms with Crippen molar-refractivity contribution in [3.05, 3.63) is 60.7 Å². The highest BCUT2D eigenvalue weighted by atomic mass is 16.4. The van der Waals surface area contributed by atoms with Gasteiger partial charge in [-0.1, -0.05) is 36.4 Å². The third-order valence-corrected chi connectivity index (χ3v) is 3.86. The molecular weight excluding hydrogens is 300 g/mol. The number of hydrogen-bond acceptors (Lipinski definition) is 2. The first-order valence-electron chi connectivity index (χ1n) is 7.86. The number of benzene rings is 2. The van der Waals surface area contributed by atoms with Crippen LogP contribution in [0.15, 0.2) is 60.7 Å².